The molecule has 1 saturated heterocycles. The van der Waals surface area contributed by atoms with Crippen molar-refractivity contribution >= 4 is 28.6 Å². The Morgan fingerprint density at radius 3 is 2.72 bits per heavy atom. The van der Waals surface area contributed by atoms with Gasteiger partial charge in [0.25, 0.3) is 0 Å². The van der Waals surface area contributed by atoms with Crippen molar-refractivity contribution in [3.05, 3.63) is 6.33 Å². The molecule has 136 valence electrons. The maximum atomic E-state index is 10.3. The van der Waals surface area contributed by atoms with Gasteiger partial charge in [-0.25, -0.2) is 4.98 Å². The number of nitrogens with zero attached hydrogens (tertiary/aromatic N) is 4. The van der Waals surface area contributed by atoms with Crippen molar-refractivity contribution in [3.63, 3.8) is 0 Å². The van der Waals surface area contributed by atoms with Gasteiger partial charge in [0.05, 0.1) is 12.2 Å². The summed E-state index contributed by atoms with van der Waals surface area (Å²) in [6, 6.07) is 0.181. The molecule has 4 atom stereocenters. The van der Waals surface area contributed by atoms with Gasteiger partial charge in [-0.1, -0.05) is 0 Å². The van der Waals surface area contributed by atoms with Crippen molar-refractivity contribution < 1.29 is 19.7 Å². The van der Waals surface area contributed by atoms with Gasteiger partial charge in [0.15, 0.2) is 23.2 Å². The Morgan fingerprint density at radius 1 is 1.28 bits per heavy atom. The second-order valence-electron chi connectivity index (χ2n) is 6.44. The first-order valence-corrected chi connectivity index (χ1v) is 8.86. The van der Waals surface area contributed by atoms with Gasteiger partial charge in [0.2, 0.25) is 0 Å². The number of ether oxygens (including phenoxy) is 2. The first-order valence-electron chi connectivity index (χ1n) is 8.32. The SMILES string of the molecule is Nc1nc(OC2CCCC2)nc2c1ncn2[C@@H]1O[C@H](CCl)[C@@H](O)[C@H]1O. The molecule has 3 heterocycles. The third-order valence-electron chi connectivity index (χ3n) is 4.77. The predicted molar refractivity (Wildman–Crippen MR) is 89.3 cm³/mol. The van der Waals surface area contributed by atoms with E-state index < -0.39 is 24.5 Å². The fourth-order valence-electron chi connectivity index (χ4n) is 3.40. The number of nitrogen functional groups attached to an aromatic ring is 1. The maximum Gasteiger partial charge on any atom is 0.320 e. The van der Waals surface area contributed by atoms with Gasteiger partial charge in [0, 0.05) is 0 Å². The van der Waals surface area contributed by atoms with E-state index in [0.29, 0.717) is 11.2 Å². The minimum absolute atomic E-state index is 0.0640. The molecule has 25 heavy (non-hydrogen) atoms. The zero-order valence-corrected chi connectivity index (χ0v) is 14.2. The van der Waals surface area contributed by atoms with Crippen molar-refractivity contribution in [3.8, 4) is 6.01 Å². The molecule has 0 bridgehead atoms. The molecule has 10 heteroatoms. The van der Waals surface area contributed by atoms with Crippen molar-refractivity contribution in [2.24, 2.45) is 0 Å². The molecule has 4 N–H and O–H groups in total. The Morgan fingerprint density at radius 2 is 2.04 bits per heavy atom. The molecule has 2 aliphatic rings. The van der Waals surface area contributed by atoms with Crippen LogP contribution in [-0.4, -0.2) is 60.0 Å². The summed E-state index contributed by atoms with van der Waals surface area (Å²) in [7, 11) is 0. The summed E-state index contributed by atoms with van der Waals surface area (Å²) < 4.78 is 13.0. The van der Waals surface area contributed by atoms with Crippen molar-refractivity contribution in [2.75, 3.05) is 11.6 Å². The second kappa shape index (κ2) is 6.56. The molecule has 2 aromatic rings. The average Bonchev–Trinajstić information content (AvgIpc) is 3.30. The van der Waals surface area contributed by atoms with Crippen LogP contribution >= 0.6 is 11.6 Å². The molecule has 4 rings (SSSR count). The smallest absolute Gasteiger partial charge is 0.320 e. The number of aliphatic hydroxyl groups is 2. The third kappa shape index (κ3) is 2.91. The summed E-state index contributed by atoms with van der Waals surface area (Å²) in [6.07, 6.45) is 1.94. The van der Waals surface area contributed by atoms with Crippen LogP contribution in [0.2, 0.25) is 0 Å². The third-order valence-corrected chi connectivity index (χ3v) is 5.07. The monoisotopic (exact) mass is 369 g/mol. The van der Waals surface area contributed by atoms with Gasteiger partial charge in [0.1, 0.15) is 24.4 Å². The molecule has 1 saturated carbocycles. The fourth-order valence-corrected chi connectivity index (χ4v) is 3.65. The van der Waals surface area contributed by atoms with Gasteiger partial charge in [-0.05, 0) is 25.7 Å². The summed E-state index contributed by atoms with van der Waals surface area (Å²) in [4.78, 5) is 12.8. The summed E-state index contributed by atoms with van der Waals surface area (Å²) >= 11 is 5.77. The number of aliphatic hydroxyl groups excluding tert-OH is 2. The second-order valence-corrected chi connectivity index (χ2v) is 6.75. The molecule has 0 amide bonds. The molecular formula is C15H20ClN5O4. The Hall–Kier alpha value is -1.68. The number of hydrogen-bond acceptors (Lipinski definition) is 8. The molecule has 2 fully saturated rings. The standard InChI is InChI=1S/C15H20ClN5O4/c16-5-8-10(22)11(23)14(25-8)21-6-18-9-12(17)19-15(20-13(9)21)24-7-3-1-2-4-7/h6-8,10-11,14,22-23H,1-5H2,(H2,17,19,20)/t8-,10-,11-,14-/m1/s1. The van der Waals surface area contributed by atoms with Crippen LogP contribution in [0, 0.1) is 0 Å². The van der Waals surface area contributed by atoms with Gasteiger partial charge in [-0.2, -0.15) is 9.97 Å². The van der Waals surface area contributed by atoms with Crippen LogP contribution in [-0.2, 0) is 4.74 Å². The molecule has 1 aliphatic heterocycles. The normalized spacial score (nSPS) is 30.4. The summed E-state index contributed by atoms with van der Waals surface area (Å²) in [5, 5.41) is 20.3. The van der Waals surface area contributed by atoms with E-state index in [2.05, 4.69) is 15.0 Å². The number of nitrogens with two attached hydrogens (primary N) is 1. The van der Waals surface area contributed by atoms with E-state index in [1.54, 1.807) is 0 Å². The number of aromatic nitrogens is 4. The highest BCUT2D eigenvalue weighted by Crippen LogP contribution is 2.33. The van der Waals surface area contributed by atoms with Gasteiger partial charge in [-0.15, -0.1) is 11.6 Å². The Labute approximate surface area is 148 Å². The van der Waals surface area contributed by atoms with Crippen LogP contribution in [0.5, 0.6) is 6.01 Å². The Kier molecular flexibility index (Phi) is 4.40. The van der Waals surface area contributed by atoms with Crippen LogP contribution in [0.15, 0.2) is 6.33 Å². The molecular weight excluding hydrogens is 350 g/mol. The highest BCUT2D eigenvalue weighted by molar-refractivity contribution is 6.18. The topological polar surface area (TPSA) is 129 Å². The molecule has 0 unspecified atom stereocenters. The van der Waals surface area contributed by atoms with Crippen LogP contribution in [0.4, 0.5) is 5.82 Å². The van der Waals surface area contributed by atoms with E-state index in [0.717, 1.165) is 25.7 Å². The molecule has 9 nitrogen and oxygen atoms in total. The van der Waals surface area contributed by atoms with E-state index in [4.69, 9.17) is 26.8 Å². The zero-order chi connectivity index (χ0) is 17.6. The first kappa shape index (κ1) is 16.8. The lowest BCUT2D eigenvalue weighted by atomic mass is 10.1. The minimum atomic E-state index is -1.16. The van der Waals surface area contributed by atoms with Crippen LogP contribution < -0.4 is 10.5 Å². The van der Waals surface area contributed by atoms with E-state index in [-0.39, 0.29) is 23.8 Å². The lowest BCUT2D eigenvalue weighted by Crippen LogP contribution is -2.32. The van der Waals surface area contributed by atoms with Crippen LogP contribution in [0.3, 0.4) is 0 Å². The van der Waals surface area contributed by atoms with Crippen LogP contribution in [0.25, 0.3) is 11.2 Å². The minimum Gasteiger partial charge on any atom is -0.460 e. The number of halogens is 1. The molecule has 1 aliphatic carbocycles. The molecule has 2 aromatic heterocycles. The van der Waals surface area contributed by atoms with Gasteiger partial charge in [-0.3, -0.25) is 4.57 Å². The molecule has 0 aromatic carbocycles. The van der Waals surface area contributed by atoms with E-state index in [1.807, 2.05) is 0 Å². The average molecular weight is 370 g/mol. The molecule has 0 spiro atoms. The van der Waals surface area contributed by atoms with E-state index in [1.165, 1.54) is 10.9 Å². The van der Waals surface area contributed by atoms with Gasteiger partial charge >= 0.3 is 6.01 Å². The fraction of sp³-hybridized carbons (Fsp3) is 0.667. The number of imidazole rings is 1. The van der Waals surface area contributed by atoms with E-state index >= 15 is 0 Å². The Bertz CT molecular complexity index is 766. The van der Waals surface area contributed by atoms with Crippen molar-refractivity contribution in [2.45, 2.75) is 56.3 Å². The predicted octanol–water partition coefficient (Wildman–Crippen LogP) is 0.588. The van der Waals surface area contributed by atoms with E-state index in [9.17, 15) is 10.2 Å². The summed E-state index contributed by atoms with van der Waals surface area (Å²) in [5.41, 5.74) is 6.75. The highest BCUT2D eigenvalue weighted by Gasteiger charge is 2.44. The number of anilines is 1. The number of hydrogen-bond donors (Lipinski definition) is 3. The van der Waals surface area contributed by atoms with Crippen LogP contribution in [0.1, 0.15) is 31.9 Å². The lowest BCUT2D eigenvalue weighted by Gasteiger charge is -2.17. The quantitative estimate of drug-likeness (QED) is 0.668. The highest BCUT2D eigenvalue weighted by atomic mass is 35.5. The Balaban J connectivity index is 1.68. The largest absolute Gasteiger partial charge is 0.460 e. The zero-order valence-electron chi connectivity index (χ0n) is 13.5. The lowest BCUT2D eigenvalue weighted by molar-refractivity contribution is -0.0292. The maximum absolute atomic E-state index is 10.3. The summed E-state index contributed by atoms with van der Waals surface area (Å²) in [5.74, 6) is 0.257. The summed E-state index contributed by atoms with van der Waals surface area (Å²) in [6.45, 7) is 0. The first-order chi connectivity index (χ1) is 12.1. The van der Waals surface area contributed by atoms with Crippen molar-refractivity contribution in [1.82, 2.24) is 19.5 Å². The van der Waals surface area contributed by atoms with Gasteiger partial charge < -0.3 is 25.4 Å². The number of rotatable bonds is 4. The van der Waals surface area contributed by atoms with Crippen molar-refractivity contribution in [1.29, 1.82) is 0 Å². The number of fused-ring (bicyclic) bond motifs is 1. The molecule has 0 radical (unpaired) electrons. The number of alkyl halides is 1.